The van der Waals surface area contributed by atoms with E-state index in [2.05, 4.69) is 29.4 Å². The molecule has 5 heteroatoms. The van der Waals surface area contributed by atoms with E-state index in [9.17, 15) is 4.79 Å². The van der Waals surface area contributed by atoms with Crippen LogP contribution in [0.5, 0.6) is 5.75 Å². The molecule has 0 heterocycles. The highest BCUT2D eigenvalue weighted by Gasteiger charge is 2.04. The molecule has 2 aromatic rings. The van der Waals surface area contributed by atoms with E-state index in [-0.39, 0.29) is 12.8 Å². The predicted molar refractivity (Wildman–Crippen MR) is 98.8 cm³/mol. The van der Waals surface area contributed by atoms with Crippen molar-refractivity contribution in [3.05, 3.63) is 54.1 Å². The number of hydrogen-bond acceptors (Lipinski definition) is 3. The van der Waals surface area contributed by atoms with Gasteiger partial charge in [0.25, 0.3) is 0 Å². The molecule has 0 aliphatic carbocycles. The number of rotatable bonds is 7. The van der Waals surface area contributed by atoms with Gasteiger partial charge in [0.15, 0.2) is 6.73 Å². The number of ether oxygens (including phenoxy) is 1. The minimum Gasteiger partial charge on any atom is -0.473 e. The van der Waals surface area contributed by atoms with E-state index in [1.165, 1.54) is 5.56 Å². The van der Waals surface area contributed by atoms with Gasteiger partial charge in [0, 0.05) is 24.5 Å². The zero-order valence-corrected chi connectivity index (χ0v) is 14.5. The molecular formula is C19H25N3O2. The number of benzene rings is 2. The molecule has 0 bridgehead atoms. The summed E-state index contributed by atoms with van der Waals surface area (Å²) < 4.78 is 5.47. The maximum atomic E-state index is 11.9. The Bertz CT molecular complexity index is 635. The second-order valence-corrected chi connectivity index (χ2v) is 5.45. The first-order valence-electron chi connectivity index (χ1n) is 8.21. The Balaban J connectivity index is 1.78. The lowest BCUT2D eigenvalue weighted by Crippen LogP contribution is -2.32. The predicted octanol–water partition coefficient (Wildman–Crippen LogP) is 4.00. The number of nitrogens with zero attached hydrogens (tertiary/aromatic N) is 1. The van der Waals surface area contributed by atoms with E-state index in [4.69, 9.17) is 4.74 Å². The smallest absolute Gasteiger partial charge is 0.321 e. The van der Waals surface area contributed by atoms with E-state index >= 15 is 0 Å². The Morgan fingerprint density at radius 2 is 1.62 bits per heavy atom. The van der Waals surface area contributed by atoms with Crippen molar-refractivity contribution >= 4 is 17.4 Å². The molecule has 2 N–H and O–H groups in total. The van der Waals surface area contributed by atoms with Crippen LogP contribution in [0.4, 0.5) is 16.2 Å². The fourth-order valence-corrected chi connectivity index (χ4v) is 2.34. The standard InChI is InChI=1S/C19H25N3O2/c1-4-22(5-2)17-10-8-16(9-11-17)21-19(23)20-14-24-18-12-6-15(3)7-13-18/h6-13H,4-5,14H2,1-3H3,(H2,20,21,23). The minimum atomic E-state index is -0.294. The van der Waals surface area contributed by atoms with Crippen molar-refractivity contribution in [3.63, 3.8) is 0 Å². The average Bonchev–Trinajstić information content (AvgIpc) is 2.59. The summed E-state index contributed by atoms with van der Waals surface area (Å²) in [6, 6.07) is 15.2. The Morgan fingerprint density at radius 1 is 1.00 bits per heavy atom. The van der Waals surface area contributed by atoms with Crippen molar-refractivity contribution < 1.29 is 9.53 Å². The lowest BCUT2D eigenvalue weighted by molar-refractivity contribution is 0.234. The van der Waals surface area contributed by atoms with Gasteiger partial charge in [-0.05, 0) is 57.2 Å². The summed E-state index contributed by atoms with van der Waals surface area (Å²) in [6.07, 6.45) is 0. The molecule has 24 heavy (non-hydrogen) atoms. The molecule has 2 amide bonds. The number of nitrogens with one attached hydrogen (secondary N) is 2. The summed E-state index contributed by atoms with van der Waals surface area (Å²) >= 11 is 0. The average molecular weight is 327 g/mol. The lowest BCUT2D eigenvalue weighted by atomic mass is 10.2. The topological polar surface area (TPSA) is 53.6 Å². The van der Waals surface area contributed by atoms with Crippen LogP contribution in [-0.2, 0) is 0 Å². The van der Waals surface area contributed by atoms with Gasteiger partial charge in [-0.25, -0.2) is 4.79 Å². The highest BCUT2D eigenvalue weighted by Crippen LogP contribution is 2.17. The monoisotopic (exact) mass is 327 g/mol. The van der Waals surface area contributed by atoms with Crippen LogP contribution in [0.2, 0.25) is 0 Å². The molecule has 0 saturated carbocycles. The maximum Gasteiger partial charge on any atom is 0.321 e. The molecule has 128 valence electrons. The van der Waals surface area contributed by atoms with Crippen molar-refractivity contribution in [1.29, 1.82) is 0 Å². The molecule has 0 radical (unpaired) electrons. The Labute approximate surface area is 143 Å². The quantitative estimate of drug-likeness (QED) is 0.756. The number of carbonyl (C=O) groups is 1. The molecule has 0 unspecified atom stereocenters. The molecule has 0 fully saturated rings. The highest BCUT2D eigenvalue weighted by molar-refractivity contribution is 5.89. The van der Waals surface area contributed by atoms with Crippen molar-refractivity contribution in [1.82, 2.24) is 5.32 Å². The Hall–Kier alpha value is -2.69. The fourth-order valence-electron chi connectivity index (χ4n) is 2.34. The SMILES string of the molecule is CCN(CC)c1ccc(NC(=O)NCOc2ccc(C)cc2)cc1. The zero-order chi connectivity index (χ0) is 17.4. The van der Waals surface area contributed by atoms with Crippen LogP contribution in [0.3, 0.4) is 0 Å². The summed E-state index contributed by atoms with van der Waals surface area (Å²) in [6.45, 7) is 8.29. The van der Waals surface area contributed by atoms with Crippen LogP contribution in [0, 0.1) is 6.92 Å². The third kappa shape index (κ3) is 5.19. The normalized spacial score (nSPS) is 10.1. The molecule has 2 rings (SSSR count). The zero-order valence-electron chi connectivity index (χ0n) is 14.5. The van der Waals surface area contributed by atoms with E-state index in [0.29, 0.717) is 0 Å². The number of carbonyl (C=O) groups excluding carboxylic acids is 1. The van der Waals surface area contributed by atoms with Crippen molar-refractivity contribution in [2.24, 2.45) is 0 Å². The molecule has 0 aliphatic rings. The summed E-state index contributed by atoms with van der Waals surface area (Å²) in [5.41, 5.74) is 3.06. The highest BCUT2D eigenvalue weighted by atomic mass is 16.5. The third-order valence-corrected chi connectivity index (χ3v) is 3.75. The summed E-state index contributed by atoms with van der Waals surface area (Å²) in [5.74, 6) is 0.726. The molecule has 0 saturated heterocycles. The first-order valence-corrected chi connectivity index (χ1v) is 8.21. The lowest BCUT2D eigenvalue weighted by Gasteiger charge is -2.21. The van der Waals surface area contributed by atoms with Gasteiger partial charge in [-0.2, -0.15) is 0 Å². The van der Waals surface area contributed by atoms with Gasteiger partial charge in [-0.1, -0.05) is 17.7 Å². The summed E-state index contributed by atoms with van der Waals surface area (Å²) in [7, 11) is 0. The van der Waals surface area contributed by atoms with E-state index in [0.717, 1.165) is 30.2 Å². The van der Waals surface area contributed by atoms with E-state index < -0.39 is 0 Å². The molecular weight excluding hydrogens is 302 g/mol. The molecule has 0 aliphatic heterocycles. The van der Waals surface area contributed by atoms with Gasteiger partial charge in [0.1, 0.15) is 5.75 Å². The van der Waals surface area contributed by atoms with Crippen LogP contribution in [-0.4, -0.2) is 25.9 Å². The molecule has 0 spiro atoms. The largest absolute Gasteiger partial charge is 0.473 e. The summed E-state index contributed by atoms with van der Waals surface area (Å²) in [4.78, 5) is 14.1. The van der Waals surface area contributed by atoms with Gasteiger partial charge in [-0.3, -0.25) is 0 Å². The van der Waals surface area contributed by atoms with Crippen LogP contribution >= 0.6 is 0 Å². The number of anilines is 2. The molecule has 0 atom stereocenters. The number of hydrogen-bond donors (Lipinski definition) is 2. The number of urea groups is 1. The van der Waals surface area contributed by atoms with Gasteiger partial charge in [0.2, 0.25) is 0 Å². The first kappa shape index (κ1) is 17.7. The Kier molecular flexibility index (Phi) is 6.49. The molecule has 0 aromatic heterocycles. The van der Waals surface area contributed by atoms with Crippen molar-refractivity contribution in [2.45, 2.75) is 20.8 Å². The maximum absolute atomic E-state index is 11.9. The van der Waals surface area contributed by atoms with Crippen LogP contribution in [0.25, 0.3) is 0 Å². The van der Waals surface area contributed by atoms with Crippen molar-refractivity contribution in [3.8, 4) is 5.75 Å². The number of aryl methyl sites for hydroxylation is 1. The Morgan fingerprint density at radius 3 is 2.21 bits per heavy atom. The first-order chi connectivity index (χ1) is 11.6. The molecule has 2 aromatic carbocycles. The van der Waals surface area contributed by atoms with Crippen LogP contribution < -0.4 is 20.3 Å². The third-order valence-electron chi connectivity index (χ3n) is 3.75. The van der Waals surface area contributed by atoms with Crippen molar-refractivity contribution in [2.75, 3.05) is 30.0 Å². The second-order valence-electron chi connectivity index (χ2n) is 5.45. The van der Waals surface area contributed by atoms with Gasteiger partial charge >= 0.3 is 6.03 Å². The van der Waals surface area contributed by atoms with Crippen LogP contribution in [0.15, 0.2) is 48.5 Å². The fraction of sp³-hybridized carbons (Fsp3) is 0.316. The summed E-state index contributed by atoms with van der Waals surface area (Å²) in [5, 5.41) is 5.46. The van der Waals surface area contributed by atoms with Gasteiger partial charge in [-0.15, -0.1) is 0 Å². The van der Waals surface area contributed by atoms with Crippen LogP contribution in [0.1, 0.15) is 19.4 Å². The number of amides is 2. The van der Waals surface area contributed by atoms with E-state index in [1.807, 2.05) is 55.5 Å². The van der Waals surface area contributed by atoms with Gasteiger partial charge in [0.05, 0.1) is 0 Å². The van der Waals surface area contributed by atoms with Gasteiger partial charge < -0.3 is 20.3 Å². The van der Waals surface area contributed by atoms with E-state index in [1.54, 1.807) is 0 Å². The second kappa shape index (κ2) is 8.82. The minimum absolute atomic E-state index is 0.117. The molecule has 5 nitrogen and oxygen atoms in total.